The number of ether oxygens (including phenoxy) is 1. The summed E-state index contributed by atoms with van der Waals surface area (Å²) in [4.78, 5) is 22.3. The van der Waals surface area contributed by atoms with Gasteiger partial charge in [-0.05, 0) is 26.3 Å². The third kappa shape index (κ3) is 3.55. The van der Waals surface area contributed by atoms with Crippen LogP contribution in [-0.4, -0.2) is 65.4 Å². The van der Waals surface area contributed by atoms with Crippen molar-refractivity contribution in [1.82, 2.24) is 19.9 Å². The van der Waals surface area contributed by atoms with Gasteiger partial charge in [-0.1, -0.05) is 0 Å². The minimum Gasteiger partial charge on any atom is -0.378 e. The van der Waals surface area contributed by atoms with E-state index in [0.717, 1.165) is 74.7 Å². The van der Waals surface area contributed by atoms with E-state index in [9.17, 15) is 0 Å². The fraction of sp³-hybridized carbons (Fsp3) is 0.556. The molecule has 1 unspecified atom stereocenters. The average Bonchev–Trinajstić information content (AvgIpc) is 3.13. The molecule has 8 heteroatoms. The lowest BCUT2D eigenvalue weighted by Gasteiger charge is -2.27. The summed E-state index contributed by atoms with van der Waals surface area (Å²) in [5, 5.41) is 3.56. The van der Waals surface area contributed by atoms with Crippen LogP contribution in [0.4, 0.5) is 17.6 Å². The second-order valence-corrected chi connectivity index (χ2v) is 6.82. The monoisotopic (exact) mass is 355 g/mol. The maximum absolute atomic E-state index is 5.40. The molecule has 4 rings (SSSR count). The van der Waals surface area contributed by atoms with E-state index in [1.165, 1.54) is 0 Å². The zero-order valence-corrected chi connectivity index (χ0v) is 15.4. The van der Waals surface area contributed by atoms with Gasteiger partial charge >= 0.3 is 0 Å². The van der Waals surface area contributed by atoms with E-state index in [2.05, 4.69) is 37.0 Å². The molecule has 0 aromatic carbocycles. The van der Waals surface area contributed by atoms with E-state index in [4.69, 9.17) is 9.72 Å². The summed E-state index contributed by atoms with van der Waals surface area (Å²) in [6, 6.07) is 2.28. The van der Waals surface area contributed by atoms with Crippen molar-refractivity contribution in [3.63, 3.8) is 0 Å². The van der Waals surface area contributed by atoms with Crippen molar-refractivity contribution in [3.8, 4) is 0 Å². The van der Waals surface area contributed by atoms with Crippen molar-refractivity contribution in [2.24, 2.45) is 0 Å². The standard InChI is InChI=1S/C18H25N7O/c1-13-14(2)20-12-21-17(13)25-6-4-15(11-25)22-16-3-5-19-18(23-16)24-7-9-26-10-8-24/h3,5,12,15H,4,6-11H2,1-2H3,(H,19,22,23). The molecule has 2 saturated heterocycles. The number of hydrogen-bond acceptors (Lipinski definition) is 8. The second kappa shape index (κ2) is 7.41. The fourth-order valence-electron chi connectivity index (χ4n) is 3.47. The quantitative estimate of drug-likeness (QED) is 0.882. The van der Waals surface area contributed by atoms with Crippen LogP contribution in [0.2, 0.25) is 0 Å². The predicted molar refractivity (Wildman–Crippen MR) is 101 cm³/mol. The van der Waals surface area contributed by atoms with Gasteiger partial charge in [-0.25, -0.2) is 15.0 Å². The summed E-state index contributed by atoms with van der Waals surface area (Å²) in [5.74, 6) is 2.69. The smallest absolute Gasteiger partial charge is 0.227 e. The largest absolute Gasteiger partial charge is 0.378 e. The van der Waals surface area contributed by atoms with Crippen molar-refractivity contribution in [3.05, 3.63) is 29.8 Å². The Kier molecular flexibility index (Phi) is 4.83. The molecule has 0 radical (unpaired) electrons. The van der Waals surface area contributed by atoms with Gasteiger partial charge in [0.25, 0.3) is 0 Å². The summed E-state index contributed by atoms with van der Waals surface area (Å²) >= 11 is 0. The molecule has 2 aromatic heterocycles. The first-order valence-electron chi connectivity index (χ1n) is 9.16. The van der Waals surface area contributed by atoms with Crippen LogP contribution in [0.1, 0.15) is 17.7 Å². The van der Waals surface area contributed by atoms with Crippen molar-refractivity contribution in [2.75, 3.05) is 54.5 Å². The maximum Gasteiger partial charge on any atom is 0.227 e. The first-order valence-corrected chi connectivity index (χ1v) is 9.16. The number of rotatable bonds is 4. The SMILES string of the molecule is Cc1ncnc(N2CCC(Nc3ccnc(N4CCOCC4)n3)C2)c1C. The lowest BCUT2D eigenvalue weighted by atomic mass is 10.2. The molecule has 4 heterocycles. The molecule has 0 amide bonds. The van der Waals surface area contributed by atoms with E-state index in [-0.39, 0.29) is 0 Å². The van der Waals surface area contributed by atoms with Crippen LogP contribution < -0.4 is 15.1 Å². The van der Waals surface area contributed by atoms with Gasteiger partial charge in [-0.15, -0.1) is 0 Å². The lowest BCUT2D eigenvalue weighted by molar-refractivity contribution is 0.122. The first kappa shape index (κ1) is 17.0. The highest BCUT2D eigenvalue weighted by atomic mass is 16.5. The Morgan fingerprint density at radius 2 is 1.92 bits per heavy atom. The fourth-order valence-corrected chi connectivity index (χ4v) is 3.47. The van der Waals surface area contributed by atoms with Crippen molar-refractivity contribution >= 4 is 17.6 Å². The van der Waals surface area contributed by atoms with Gasteiger partial charge in [-0.3, -0.25) is 0 Å². The Labute approximate surface area is 153 Å². The molecule has 0 aliphatic carbocycles. The number of nitrogens with zero attached hydrogens (tertiary/aromatic N) is 6. The molecular weight excluding hydrogens is 330 g/mol. The van der Waals surface area contributed by atoms with Crippen molar-refractivity contribution in [1.29, 1.82) is 0 Å². The minimum atomic E-state index is 0.345. The van der Waals surface area contributed by atoms with Crippen LogP contribution >= 0.6 is 0 Å². The minimum absolute atomic E-state index is 0.345. The van der Waals surface area contributed by atoms with Gasteiger partial charge in [-0.2, -0.15) is 4.98 Å². The summed E-state index contributed by atoms with van der Waals surface area (Å²) in [7, 11) is 0. The maximum atomic E-state index is 5.40. The number of morpholine rings is 1. The molecular formula is C18H25N7O. The Hall–Kier alpha value is -2.48. The molecule has 1 atom stereocenters. The number of hydrogen-bond donors (Lipinski definition) is 1. The predicted octanol–water partition coefficient (Wildman–Crippen LogP) is 1.41. The van der Waals surface area contributed by atoms with Crippen LogP contribution in [0.15, 0.2) is 18.6 Å². The molecule has 2 aliphatic heterocycles. The van der Waals surface area contributed by atoms with E-state index < -0.39 is 0 Å². The molecule has 1 N–H and O–H groups in total. The third-order valence-corrected chi connectivity index (χ3v) is 5.09. The Bertz CT molecular complexity index is 763. The number of aryl methyl sites for hydroxylation is 1. The molecule has 2 aliphatic rings. The highest BCUT2D eigenvalue weighted by Gasteiger charge is 2.25. The van der Waals surface area contributed by atoms with E-state index in [0.29, 0.717) is 6.04 Å². The third-order valence-electron chi connectivity index (χ3n) is 5.09. The van der Waals surface area contributed by atoms with Crippen molar-refractivity contribution in [2.45, 2.75) is 26.3 Å². The van der Waals surface area contributed by atoms with Gasteiger partial charge in [0.15, 0.2) is 0 Å². The average molecular weight is 355 g/mol. The summed E-state index contributed by atoms with van der Waals surface area (Å²) in [6.45, 7) is 9.15. The molecule has 8 nitrogen and oxygen atoms in total. The zero-order valence-electron chi connectivity index (χ0n) is 15.4. The van der Waals surface area contributed by atoms with Gasteiger partial charge in [0.1, 0.15) is 18.0 Å². The molecule has 26 heavy (non-hydrogen) atoms. The number of aromatic nitrogens is 4. The number of anilines is 3. The van der Waals surface area contributed by atoms with Crippen LogP contribution in [0.3, 0.4) is 0 Å². The molecule has 138 valence electrons. The van der Waals surface area contributed by atoms with Crippen LogP contribution in [-0.2, 0) is 4.74 Å². The van der Waals surface area contributed by atoms with Crippen molar-refractivity contribution < 1.29 is 4.74 Å². The number of nitrogens with one attached hydrogen (secondary N) is 1. The molecule has 2 fully saturated rings. The summed E-state index contributed by atoms with van der Waals surface area (Å²) < 4.78 is 5.40. The van der Waals surface area contributed by atoms with Crippen LogP contribution in [0, 0.1) is 13.8 Å². The van der Waals surface area contributed by atoms with Gasteiger partial charge < -0.3 is 19.9 Å². The zero-order chi connectivity index (χ0) is 17.9. The first-order chi connectivity index (χ1) is 12.7. The Balaban J connectivity index is 1.41. The van der Waals surface area contributed by atoms with Crippen LogP contribution in [0.25, 0.3) is 0 Å². The Morgan fingerprint density at radius 1 is 1.08 bits per heavy atom. The van der Waals surface area contributed by atoms with Crippen LogP contribution in [0.5, 0.6) is 0 Å². The molecule has 0 bridgehead atoms. The van der Waals surface area contributed by atoms with Gasteiger partial charge in [0, 0.05) is 49.7 Å². The molecule has 2 aromatic rings. The summed E-state index contributed by atoms with van der Waals surface area (Å²) in [5.41, 5.74) is 2.20. The molecule has 0 saturated carbocycles. The van der Waals surface area contributed by atoms with E-state index >= 15 is 0 Å². The second-order valence-electron chi connectivity index (χ2n) is 6.82. The molecule has 0 spiro atoms. The van der Waals surface area contributed by atoms with E-state index in [1.54, 1.807) is 6.33 Å². The lowest BCUT2D eigenvalue weighted by Crippen LogP contribution is -2.37. The van der Waals surface area contributed by atoms with Gasteiger partial charge in [0.05, 0.1) is 13.2 Å². The highest BCUT2D eigenvalue weighted by molar-refractivity contribution is 5.50. The topological polar surface area (TPSA) is 79.3 Å². The van der Waals surface area contributed by atoms with E-state index in [1.807, 2.05) is 19.2 Å². The highest BCUT2D eigenvalue weighted by Crippen LogP contribution is 2.24. The normalized spacial score (nSPS) is 20.5. The van der Waals surface area contributed by atoms with Gasteiger partial charge in [0.2, 0.25) is 5.95 Å². The Morgan fingerprint density at radius 3 is 2.77 bits per heavy atom. The summed E-state index contributed by atoms with van der Waals surface area (Å²) in [6.07, 6.45) is 4.53.